The van der Waals surface area contributed by atoms with E-state index in [1.54, 1.807) is 19.9 Å². The molecule has 0 saturated carbocycles. The molecule has 0 saturated heterocycles. The Kier molecular flexibility index (Phi) is 7.69. The summed E-state index contributed by atoms with van der Waals surface area (Å²) in [6.07, 6.45) is 0.433. The average molecular weight is 407 g/mol. The second kappa shape index (κ2) is 9.98. The molecule has 6 nitrogen and oxygen atoms in total. The van der Waals surface area contributed by atoms with Crippen LogP contribution in [0.25, 0.3) is 0 Å². The molecule has 0 aliphatic rings. The van der Waals surface area contributed by atoms with E-state index < -0.39 is 30.3 Å². The molecule has 1 N–H and O–H groups in total. The van der Waals surface area contributed by atoms with Crippen LogP contribution in [0, 0.1) is 12.7 Å². The maximum absolute atomic E-state index is 13.6. The molecular formula is C20H22FNO5S. The van der Waals surface area contributed by atoms with Crippen molar-refractivity contribution < 1.29 is 28.2 Å². The smallest absolute Gasteiger partial charge is 0.341 e. The lowest BCUT2D eigenvalue weighted by molar-refractivity contribution is -0.146. The first-order chi connectivity index (χ1) is 13.4. The molecule has 1 aromatic heterocycles. The predicted octanol–water partition coefficient (Wildman–Crippen LogP) is 3.66. The number of amides is 1. The molecule has 0 radical (unpaired) electrons. The maximum atomic E-state index is 13.6. The number of hydrogen-bond acceptors (Lipinski definition) is 6. The van der Waals surface area contributed by atoms with Crippen LogP contribution in [0.3, 0.4) is 0 Å². The second-order valence-electron chi connectivity index (χ2n) is 5.91. The van der Waals surface area contributed by atoms with Gasteiger partial charge in [-0.1, -0.05) is 25.1 Å². The van der Waals surface area contributed by atoms with Crippen LogP contribution >= 0.6 is 11.3 Å². The van der Waals surface area contributed by atoms with Gasteiger partial charge in [-0.25, -0.2) is 9.18 Å². The zero-order chi connectivity index (χ0) is 20.7. The van der Waals surface area contributed by atoms with E-state index >= 15 is 0 Å². The van der Waals surface area contributed by atoms with Gasteiger partial charge in [0.15, 0.2) is 6.61 Å². The van der Waals surface area contributed by atoms with Crippen molar-refractivity contribution in [1.29, 1.82) is 0 Å². The minimum Gasteiger partial charge on any atom is -0.462 e. The molecule has 0 bridgehead atoms. The summed E-state index contributed by atoms with van der Waals surface area (Å²) < 4.78 is 23.5. The van der Waals surface area contributed by atoms with Crippen LogP contribution in [0.2, 0.25) is 0 Å². The first kappa shape index (κ1) is 21.6. The first-order valence-corrected chi connectivity index (χ1v) is 9.67. The minimum atomic E-state index is -0.720. The van der Waals surface area contributed by atoms with Crippen LogP contribution in [0.15, 0.2) is 24.3 Å². The third kappa shape index (κ3) is 5.39. The maximum Gasteiger partial charge on any atom is 0.341 e. The number of thiophene rings is 1. The number of benzene rings is 1. The molecule has 8 heteroatoms. The van der Waals surface area contributed by atoms with Gasteiger partial charge in [-0.2, -0.15) is 0 Å². The van der Waals surface area contributed by atoms with Crippen LogP contribution in [0.4, 0.5) is 9.39 Å². The number of aryl methyl sites for hydroxylation is 1. The monoisotopic (exact) mass is 407 g/mol. The summed E-state index contributed by atoms with van der Waals surface area (Å²) in [7, 11) is 0. The standard InChI is InChI=1S/C20H22FNO5S/c1-4-15-12(3)18(20(25)26-5-2)19(28-15)22-16(23)11-27-17(24)10-13-8-6-7-9-14(13)21/h6-9H,4-5,10-11H2,1-3H3,(H,22,23). The van der Waals surface area contributed by atoms with Gasteiger partial charge in [-0.3, -0.25) is 9.59 Å². The Hall–Kier alpha value is -2.74. The van der Waals surface area contributed by atoms with E-state index in [9.17, 15) is 18.8 Å². The van der Waals surface area contributed by atoms with Crippen molar-refractivity contribution in [3.8, 4) is 0 Å². The Morgan fingerprint density at radius 3 is 2.50 bits per heavy atom. The number of halogens is 1. The Morgan fingerprint density at radius 1 is 1.14 bits per heavy atom. The number of anilines is 1. The summed E-state index contributed by atoms with van der Waals surface area (Å²) >= 11 is 1.28. The van der Waals surface area contributed by atoms with Crippen LogP contribution in [0.1, 0.15) is 40.2 Å². The number of ether oxygens (including phenoxy) is 2. The third-order valence-electron chi connectivity index (χ3n) is 3.96. The molecule has 0 spiro atoms. The molecule has 1 amide bonds. The van der Waals surface area contributed by atoms with Crippen molar-refractivity contribution in [3.63, 3.8) is 0 Å². The van der Waals surface area contributed by atoms with Crippen LogP contribution in [0.5, 0.6) is 0 Å². The first-order valence-electron chi connectivity index (χ1n) is 8.85. The van der Waals surface area contributed by atoms with Gasteiger partial charge in [0.05, 0.1) is 18.6 Å². The minimum absolute atomic E-state index is 0.193. The van der Waals surface area contributed by atoms with E-state index in [1.165, 1.54) is 29.5 Å². The summed E-state index contributed by atoms with van der Waals surface area (Å²) in [6.45, 7) is 5.13. The number of nitrogens with one attached hydrogen (secondary N) is 1. The van der Waals surface area contributed by atoms with E-state index in [0.717, 1.165) is 10.4 Å². The van der Waals surface area contributed by atoms with Gasteiger partial charge >= 0.3 is 11.9 Å². The molecule has 0 aliphatic carbocycles. The van der Waals surface area contributed by atoms with Gasteiger partial charge < -0.3 is 14.8 Å². The van der Waals surface area contributed by atoms with Gasteiger partial charge in [0.25, 0.3) is 5.91 Å². The highest BCUT2D eigenvalue weighted by molar-refractivity contribution is 7.17. The largest absolute Gasteiger partial charge is 0.462 e. The third-order valence-corrected chi connectivity index (χ3v) is 5.31. The highest BCUT2D eigenvalue weighted by Crippen LogP contribution is 2.34. The summed E-state index contributed by atoms with van der Waals surface area (Å²) in [4.78, 5) is 37.2. The number of rotatable bonds is 8. The van der Waals surface area contributed by atoms with Crippen molar-refractivity contribution >= 4 is 34.2 Å². The lowest BCUT2D eigenvalue weighted by atomic mass is 10.1. The zero-order valence-electron chi connectivity index (χ0n) is 16.0. The second-order valence-corrected chi connectivity index (χ2v) is 7.01. The summed E-state index contributed by atoms with van der Waals surface area (Å²) in [6, 6.07) is 5.85. The van der Waals surface area contributed by atoms with Gasteiger partial charge in [0, 0.05) is 4.88 Å². The van der Waals surface area contributed by atoms with Crippen molar-refractivity contribution in [1.82, 2.24) is 0 Å². The van der Waals surface area contributed by atoms with E-state index in [0.29, 0.717) is 17.0 Å². The normalized spacial score (nSPS) is 10.4. The number of carbonyl (C=O) groups excluding carboxylic acids is 3. The summed E-state index contributed by atoms with van der Waals surface area (Å²) in [5, 5.41) is 2.97. The van der Waals surface area contributed by atoms with E-state index in [4.69, 9.17) is 9.47 Å². The fourth-order valence-electron chi connectivity index (χ4n) is 2.59. The van der Waals surface area contributed by atoms with Crippen molar-refractivity contribution in [2.24, 2.45) is 0 Å². The van der Waals surface area contributed by atoms with E-state index in [2.05, 4.69) is 5.32 Å². The summed E-state index contributed by atoms with van der Waals surface area (Å²) in [5.74, 6) is -2.33. The lowest BCUT2D eigenvalue weighted by Gasteiger charge is -2.08. The molecule has 2 rings (SSSR count). The van der Waals surface area contributed by atoms with Gasteiger partial charge in [0.2, 0.25) is 0 Å². The predicted molar refractivity (Wildman–Crippen MR) is 104 cm³/mol. The molecular weight excluding hydrogens is 385 g/mol. The fraction of sp³-hybridized carbons (Fsp3) is 0.350. The number of hydrogen-bond donors (Lipinski definition) is 1. The number of esters is 2. The zero-order valence-corrected chi connectivity index (χ0v) is 16.8. The van der Waals surface area contributed by atoms with Crippen LogP contribution < -0.4 is 5.32 Å². The molecule has 1 heterocycles. The van der Waals surface area contributed by atoms with E-state index in [1.807, 2.05) is 6.92 Å². The Morgan fingerprint density at radius 2 is 1.86 bits per heavy atom. The quantitative estimate of drug-likeness (QED) is 0.676. The number of carbonyl (C=O) groups is 3. The van der Waals surface area contributed by atoms with E-state index in [-0.39, 0.29) is 18.6 Å². The van der Waals surface area contributed by atoms with Crippen LogP contribution in [-0.2, 0) is 31.9 Å². The highest BCUT2D eigenvalue weighted by Gasteiger charge is 2.23. The highest BCUT2D eigenvalue weighted by atomic mass is 32.1. The Balaban J connectivity index is 2.00. The Labute approximate surface area is 166 Å². The molecule has 0 aliphatic heterocycles. The Bertz CT molecular complexity index is 877. The van der Waals surface area contributed by atoms with Crippen molar-refractivity contribution in [2.45, 2.75) is 33.6 Å². The molecule has 1 aromatic carbocycles. The fourth-order valence-corrected chi connectivity index (χ4v) is 3.74. The molecule has 150 valence electrons. The van der Waals surface area contributed by atoms with Gasteiger partial charge in [-0.05, 0) is 37.5 Å². The lowest BCUT2D eigenvalue weighted by Crippen LogP contribution is -2.22. The molecule has 0 atom stereocenters. The molecule has 0 unspecified atom stereocenters. The summed E-state index contributed by atoms with van der Waals surface area (Å²) in [5.41, 5.74) is 1.27. The van der Waals surface area contributed by atoms with Crippen molar-refractivity contribution in [3.05, 3.63) is 51.7 Å². The molecule has 0 fully saturated rings. The topological polar surface area (TPSA) is 81.7 Å². The van der Waals surface area contributed by atoms with Gasteiger partial charge in [0.1, 0.15) is 10.8 Å². The van der Waals surface area contributed by atoms with Crippen molar-refractivity contribution in [2.75, 3.05) is 18.5 Å². The van der Waals surface area contributed by atoms with Crippen LogP contribution in [-0.4, -0.2) is 31.1 Å². The molecule has 2 aromatic rings. The average Bonchev–Trinajstić information content (AvgIpc) is 2.97. The van der Waals surface area contributed by atoms with Gasteiger partial charge in [-0.15, -0.1) is 11.3 Å². The molecule has 28 heavy (non-hydrogen) atoms. The SMILES string of the molecule is CCOC(=O)c1c(NC(=O)COC(=O)Cc2ccccc2F)sc(CC)c1C.